The second kappa shape index (κ2) is 27.0. The summed E-state index contributed by atoms with van der Waals surface area (Å²) < 4.78 is 4.61. The molecule has 3 aliphatic carbocycles. The summed E-state index contributed by atoms with van der Waals surface area (Å²) in [6.45, 7) is 13.9. The molecule has 0 fully saturated rings. The summed E-state index contributed by atoms with van der Waals surface area (Å²) in [6.07, 6.45) is 6.06. The van der Waals surface area contributed by atoms with Crippen molar-refractivity contribution in [3.05, 3.63) is 409 Å². The van der Waals surface area contributed by atoms with Crippen LogP contribution in [0.2, 0.25) is 0 Å². The van der Waals surface area contributed by atoms with Gasteiger partial charge in [0, 0.05) is 56.9 Å². The van der Waals surface area contributed by atoms with E-state index in [1.807, 2.05) is 0 Å². The number of hydrogen-bond donors (Lipinski definition) is 1. The van der Waals surface area contributed by atoms with Crippen LogP contribution in [0.3, 0.4) is 0 Å². The number of benzene rings is 15. The predicted octanol–water partition coefficient (Wildman–Crippen LogP) is 28.3. The molecule has 0 saturated heterocycles. The molecule has 3 nitrogen and oxygen atoms in total. The highest BCUT2D eigenvalue weighted by atomic mass is 79.9. The molecular formula is C99H79Br4N3. The van der Waals surface area contributed by atoms with E-state index >= 15 is 0 Å². The molecule has 15 aromatic carbocycles. The van der Waals surface area contributed by atoms with Crippen LogP contribution in [0.5, 0.6) is 0 Å². The lowest BCUT2D eigenvalue weighted by atomic mass is 9.73. The average molecular weight is 1630 g/mol. The van der Waals surface area contributed by atoms with Crippen LogP contribution in [-0.4, -0.2) is 0 Å². The number of hydrogen-bond acceptors (Lipinski definition) is 3. The van der Waals surface area contributed by atoms with Crippen LogP contribution >= 0.6 is 63.7 Å². The highest BCUT2D eigenvalue weighted by Crippen LogP contribution is 2.55. The Balaban J connectivity index is 0.000000105. The van der Waals surface area contributed by atoms with Crippen LogP contribution in [0.1, 0.15) is 142 Å². The molecule has 0 spiro atoms. The van der Waals surface area contributed by atoms with Gasteiger partial charge in [-0.1, -0.05) is 287 Å². The minimum atomic E-state index is -0.0397. The zero-order valence-corrected chi connectivity index (χ0v) is 66.7. The maximum Gasteiger partial charge on any atom is 0.0502 e. The van der Waals surface area contributed by atoms with Crippen molar-refractivity contribution in [1.29, 1.82) is 0 Å². The highest BCUT2D eigenvalue weighted by molar-refractivity contribution is 9.11. The van der Waals surface area contributed by atoms with Crippen molar-refractivity contribution in [2.75, 3.05) is 15.1 Å². The Labute approximate surface area is 656 Å². The van der Waals surface area contributed by atoms with Crippen molar-refractivity contribution in [2.45, 2.75) is 96.3 Å². The molecule has 7 heteroatoms. The van der Waals surface area contributed by atoms with E-state index in [-0.39, 0.29) is 16.2 Å². The smallest absolute Gasteiger partial charge is 0.0502 e. The largest absolute Gasteiger partial charge is 0.355 e. The maximum absolute atomic E-state index is 3.64. The fraction of sp³-hybridized carbons (Fsp3) is 0.152. The third-order valence-electron chi connectivity index (χ3n) is 23.5. The highest BCUT2D eigenvalue weighted by Gasteiger charge is 2.39. The zero-order valence-electron chi connectivity index (χ0n) is 60.4. The Morgan fingerprint density at radius 2 is 0.481 bits per heavy atom. The first-order valence-electron chi connectivity index (χ1n) is 36.9. The molecule has 21 rings (SSSR count). The van der Waals surface area contributed by atoms with E-state index in [2.05, 4.69) is 412 Å². The summed E-state index contributed by atoms with van der Waals surface area (Å²) in [7, 11) is 0. The fourth-order valence-corrected chi connectivity index (χ4v) is 19.4. The lowest BCUT2D eigenvalue weighted by Crippen LogP contribution is -2.30. The zero-order chi connectivity index (χ0) is 72.3. The Bertz CT molecular complexity index is 5930. The van der Waals surface area contributed by atoms with Gasteiger partial charge in [0.05, 0.1) is 22.7 Å². The summed E-state index contributed by atoms with van der Waals surface area (Å²) in [4.78, 5) is 4.91. The number of anilines is 8. The lowest BCUT2D eigenvalue weighted by Gasteiger charge is -2.42. The molecule has 0 unspecified atom stereocenters. The Morgan fingerprint density at radius 3 is 0.877 bits per heavy atom. The molecule has 0 aromatic heterocycles. The third-order valence-corrected chi connectivity index (χ3v) is 25.4. The summed E-state index contributed by atoms with van der Waals surface area (Å²) in [5.41, 5.74) is 35.6. The molecule has 15 aromatic rings. The molecule has 0 amide bonds. The van der Waals surface area contributed by atoms with Crippen LogP contribution < -0.4 is 15.1 Å². The summed E-state index contributed by atoms with van der Waals surface area (Å²) >= 11 is 14.4. The average Bonchev–Trinajstić information content (AvgIpc) is 0.725. The summed E-state index contributed by atoms with van der Waals surface area (Å²) in [5.74, 6) is 0. The Morgan fingerprint density at radius 1 is 0.226 bits per heavy atom. The molecule has 0 bridgehead atoms. The van der Waals surface area contributed by atoms with Gasteiger partial charge in [0.1, 0.15) is 0 Å². The Kier molecular flexibility index (Phi) is 17.4. The number of rotatable bonds is 2. The standard InChI is InChI=1S/2C33H26BrN.C18H12Br2.C15H15N/c2*1-33(2)29-7-3-5-9-31(29)35(32-10-6-4-8-30(32)33)28-14-12-22-16-23-17-25-19-27(34)13-11-21(25)15-24(23)18-26(22)20-28;19-17-3-1-11-5-13-8-16-10-18(20)4-2-12(16)6-14(13)7-15(11)9-17;1-15(2)11-7-3-5-9-13(11)16-14-10-6-4-8-12(14)15/h3-14,16,18-20H,15,17H2,1-2H3;3-15,17,19-20H,16,18H2,1-2H3;1-5,7,9-10H,6,8H2;3-10,16H,1-2H3. The van der Waals surface area contributed by atoms with Crippen molar-refractivity contribution in [1.82, 2.24) is 0 Å². The van der Waals surface area contributed by atoms with E-state index in [0.29, 0.717) is 0 Å². The first-order chi connectivity index (χ1) is 51.4. The van der Waals surface area contributed by atoms with Gasteiger partial charge in [-0.25, -0.2) is 0 Å². The Hall–Kier alpha value is -9.60. The molecule has 0 saturated carbocycles. The number of fused-ring (bicyclic) bond motifs is 15. The monoisotopic (exact) mass is 1630 g/mol. The SMILES string of the molecule is Brc1ccc2c(c1)Cc1cc3ccc(Br)cc3cc1C2.CC1(C)c2ccccc2N(c2ccc3c(c2)Cc2cc4ccc(Br)cc4cc2C3)c2ccccc21.CC1(C)c2ccccc2N(c2ccc3cc4c(cc3c2)Cc2ccc(Br)cc2C4)c2ccccc21.CC1(C)c2ccccc2Nc2ccccc21. The van der Waals surface area contributed by atoms with Crippen molar-refractivity contribution < 1.29 is 0 Å². The number of halogens is 4. The van der Waals surface area contributed by atoms with E-state index in [9.17, 15) is 0 Å². The fourth-order valence-electron chi connectivity index (χ4n) is 17.9. The van der Waals surface area contributed by atoms with E-state index < -0.39 is 0 Å². The third kappa shape index (κ3) is 12.3. The lowest BCUT2D eigenvalue weighted by molar-refractivity contribution is 0.631. The summed E-state index contributed by atoms with van der Waals surface area (Å²) in [5, 5.41) is 11.4. The number of nitrogens with one attached hydrogen (secondary N) is 1. The topological polar surface area (TPSA) is 18.5 Å². The quantitative estimate of drug-likeness (QED) is 0.186. The normalized spacial score (nSPS) is 14.9. The van der Waals surface area contributed by atoms with Gasteiger partial charge in [0.15, 0.2) is 0 Å². The van der Waals surface area contributed by atoms with E-state index in [1.54, 1.807) is 0 Å². The van der Waals surface area contributed by atoms with Crippen LogP contribution in [0.15, 0.2) is 309 Å². The number of para-hydroxylation sites is 6. The van der Waals surface area contributed by atoms with Crippen molar-refractivity contribution in [2.24, 2.45) is 0 Å². The minimum Gasteiger partial charge on any atom is -0.355 e. The molecule has 3 heterocycles. The molecular weight excluding hydrogens is 1550 g/mol. The van der Waals surface area contributed by atoms with Crippen LogP contribution in [0, 0.1) is 0 Å². The molecule has 0 radical (unpaired) electrons. The molecule has 3 aliphatic heterocycles. The van der Waals surface area contributed by atoms with Crippen molar-refractivity contribution >= 4 is 142 Å². The van der Waals surface area contributed by atoms with E-state index in [1.165, 1.54) is 182 Å². The van der Waals surface area contributed by atoms with Crippen LogP contribution in [0.4, 0.5) is 45.5 Å². The molecule has 106 heavy (non-hydrogen) atoms. The van der Waals surface area contributed by atoms with Gasteiger partial charge in [0.25, 0.3) is 0 Å². The second-order valence-corrected chi connectivity index (χ2v) is 34.7. The molecule has 0 atom stereocenters. The van der Waals surface area contributed by atoms with Crippen LogP contribution in [0.25, 0.3) is 32.3 Å². The summed E-state index contributed by atoms with van der Waals surface area (Å²) in [6, 6.07) is 107. The maximum atomic E-state index is 3.64. The van der Waals surface area contributed by atoms with Crippen molar-refractivity contribution in [3.8, 4) is 0 Å². The first-order valence-corrected chi connectivity index (χ1v) is 40.1. The van der Waals surface area contributed by atoms with E-state index in [0.717, 1.165) is 51.9 Å². The van der Waals surface area contributed by atoms with Crippen LogP contribution in [-0.2, 0) is 54.8 Å². The second-order valence-electron chi connectivity index (χ2n) is 31.0. The minimum absolute atomic E-state index is 0.0348. The van der Waals surface area contributed by atoms with Gasteiger partial charge < -0.3 is 15.1 Å². The van der Waals surface area contributed by atoms with Gasteiger partial charge in [-0.05, 0) is 280 Å². The van der Waals surface area contributed by atoms with Crippen molar-refractivity contribution in [3.63, 3.8) is 0 Å². The molecule has 6 aliphatic rings. The molecule has 1 N–H and O–H groups in total. The first kappa shape index (κ1) is 68.2. The van der Waals surface area contributed by atoms with Gasteiger partial charge in [-0.2, -0.15) is 0 Å². The molecule has 518 valence electrons. The van der Waals surface area contributed by atoms with Gasteiger partial charge in [-0.3, -0.25) is 0 Å². The van der Waals surface area contributed by atoms with E-state index in [4.69, 9.17) is 0 Å². The van der Waals surface area contributed by atoms with Gasteiger partial charge in [-0.15, -0.1) is 0 Å². The van der Waals surface area contributed by atoms with Gasteiger partial charge in [0.2, 0.25) is 0 Å². The van der Waals surface area contributed by atoms with Gasteiger partial charge >= 0.3 is 0 Å². The predicted molar refractivity (Wildman–Crippen MR) is 461 cm³/mol. The number of nitrogens with zero attached hydrogens (tertiary/aromatic N) is 2.